The standard InChI is InChI=1S/C30H46N4O4S2/c1-29(2,39-21-23-7-11-25(37-5)12-8-23)27(35)33-18-20-34(19-17-32-16-15-31)28(36)30(3,4)40-22-24-9-13-26(38-6)14-10-24/h7-14,32H,15-22,31H2,1-6H3,(H,33,35). The maximum Gasteiger partial charge on any atom is 0.238 e. The lowest BCUT2D eigenvalue weighted by atomic mass is 10.1. The van der Waals surface area contributed by atoms with Gasteiger partial charge in [-0.3, -0.25) is 9.59 Å². The molecule has 0 fully saturated rings. The number of hydrogen-bond donors (Lipinski definition) is 3. The smallest absolute Gasteiger partial charge is 0.238 e. The molecule has 8 nitrogen and oxygen atoms in total. The van der Waals surface area contributed by atoms with Crippen LogP contribution in [0.5, 0.6) is 11.5 Å². The second kappa shape index (κ2) is 16.8. The normalized spacial score (nSPS) is 11.7. The van der Waals surface area contributed by atoms with Crippen molar-refractivity contribution < 1.29 is 19.1 Å². The van der Waals surface area contributed by atoms with E-state index in [1.165, 1.54) is 0 Å². The number of thioether (sulfide) groups is 2. The lowest BCUT2D eigenvalue weighted by Gasteiger charge is -2.32. The SMILES string of the molecule is COc1ccc(CSC(C)(C)C(=O)NCCN(CCNCCN)C(=O)C(C)(C)SCc2ccc(OC)cc2)cc1. The third-order valence-electron chi connectivity index (χ3n) is 6.41. The van der Waals surface area contributed by atoms with Gasteiger partial charge in [0.15, 0.2) is 0 Å². The van der Waals surface area contributed by atoms with Gasteiger partial charge in [0, 0.05) is 50.8 Å². The van der Waals surface area contributed by atoms with Gasteiger partial charge in [0.05, 0.1) is 23.7 Å². The van der Waals surface area contributed by atoms with Crippen LogP contribution in [0.25, 0.3) is 0 Å². The first-order valence-electron chi connectivity index (χ1n) is 13.5. The molecule has 2 rings (SSSR count). The summed E-state index contributed by atoms with van der Waals surface area (Å²) in [5.74, 6) is 3.03. The van der Waals surface area contributed by atoms with Crippen molar-refractivity contribution in [2.24, 2.45) is 5.73 Å². The molecule has 0 aromatic heterocycles. The van der Waals surface area contributed by atoms with Crippen LogP contribution in [0.4, 0.5) is 0 Å². The monoisotopic (exact) mass is 590 g/mol. The van der Waals surface area contributed by atoms with Crippen LogP contribution in [0.15, 0.2) is 48.5 Å². The lowest BCUT2D eigenvalue weighted by molar-refractivity contribution is -0.133. The molecule has 4 N–H and O–H groups in total. The summed E-state index contributed by atoms with van der Waals surface area (Å²) < 4.78 is 9.20. The van der Waals surface area contributed by atoms with Crippen molar-refractivity contribution in [3.05, 3.63) is 59.7 Å². The fourth-order valence-electron chi connectivity index (χ4n) is 3.75. The molecule has 222 valence electrons. The number of hydrogen-bond acceptors (Lipinski definition) is 8. The van der Waals surface area contributed by atoms with Crippen LogP contribution < -0.4 is 25.8 Å². The molecule has 0 aliphatic carbocycles. The summed E-state index contributed by atoms with van der Waals surface area (Å²) in [5.41, 5.74) is 7.86. The van der Waals surface area contributed by atoms with E-state index in [0.717, 1.165) is 22.6 Å². The zero-order valence-electron chi connectivity index (χ0n) is 24.7. The first-order valence-corrected chi connectivity index (χ1v) is 15.5. The highest BCUT2D eigenvalue weighted by atomic mass is 32.2. The van der Waals surface area contributed by atoms with Gasteiger partial charge in [0.25, 0.3) is 0 Å². The van der Waals surface area contributed by atoms with E-state index in [0.29, 0.717) is 50.8 Å². The zero-order chi connectivity index (χ0) is 29.6. The van der Waals surface area contributed by atoms with Crippen molar-refractivity contribution in [3.63, 3.8) is 0 Å². The summed E-state index contributed by atoms with van der Waals surface area (Å²) in [6, 6.07) is 15.8. The molecule has 10 heteroatoms. The van der Waals surface area contributed by atoms with Gasteiger partial charge in [-0.05, 0) is 63.1 Å². The second-order valence-electron chi connectivity index (χ2n) is 10.4. The van der Waals surface area contributed by atoms with E-state index in [4.69, 9.17) is 15.2 Å². The minimum Gasteiger partial charge on any atom is -0.497 e. The van der Waals surface area contributed by atoms with Gasteiger partial charge < -0.3 is 30.7 Å². The molecule has 2 aromatic carbocycles. The average Bonchev–Trinajstić information content (AvgIpc) is 2.96. The molecule has 40 heavy (non-hydrogen) atoms. The lowest BCUT2D eigenvalue weighted by Crippen LogP contribution is -2.50. The van der Waals surface area contributed by atoms with E-state index in [2.05, 4.69) is 10.6 Å². The van der Waals surface area contributed by atoms with Gasteiger partial charge in [-0.25, -0.2) is 0 Å². The van der Waals surface area contributed by atoms with E-state index >= 15 is 0 Å². The topological polar surface area (TPSA) is 106 Å². The van der Waals surface area contributed by atoms with Crippen molar-refractivity contribution in [1.29, 1.82) is 0 Å². The molecule has 2 amide bonds. The van der Waals surface area contributed by atoms with E-state index in [1.807, 2.05) is 81.1 Å². The van der Waals surface area contributed by atoms with E-state index in [9.17, 15) is 9.59 Å². The molecule has 0 unspecified atom stereocenters. The molecule has 0 saturated carbocycles. The van der Waals surface area contributed by atoms with Crippen molar-refractivity contribution in [2.45, 2.75) is 48.7 Å². The Hall–Kier alpha value is -2.40. The van der Waals surface area contributed by atoms with Gasteiger partial charge in [-0.1, -0.05) is 24.3 Å². The molecule has 0 spiro atoms. The predicted octanol–water partition coefficient (Wildman–Crippen LogP) is 3.92. The number of amides is 2. The molecule has 0 bridgehead atoms. The number of nitrogens with one attached hydrogen (secondary N) is 2. The summed E-state index contributed by atoms with van der Waals surface area (Å²) in [7, 11) is 3.29. The highest BCUT2D eigenvalue weighted by Gasteiger charge is 2.33. The maximum atomic E-state index is 13.6. The molecule has 2 aromatic rings. The molecule has 0 atom stereocenters. The molecular weight excluding hydrogens is 544 g/mol. The van der Waals surface area contributed by atoms with Crippen LogP contribution in [0.1, 0.15) is 38.8 Å². The summed E-state index contributed by atoms with van der Waals surface area (Å²) in [4.78, 5) is 28.5. The highest BCUT2D eigenvalue weighted by Crippen LogP contribution is 2.31. The van der Waals surface area contributed by atoms with E-state index < -0.39 is 9.49 Å². The Kier molecular flexibility index (Phi) is 14.2. The van der Waals surface area contributed by atoms with Crippen molar-refractivity contribution in [1.82, 2.24) is 15.5 Å². The predicted molar refractivity (Wildman–Crippen MR) is 168 cm³/mol. The van der Waals surface area contributed by atoms with Crippen LogP contribution in [0.2, 0.25) is 0 Å². The van der Waals surface area contributed by atoms with E-state index in [-0.39, 0.29) is 11.8 Å². The van der Waals surface area contributed by atoms with Crippen LogP contribution in [0, 0.1) is 0 Å². The molecule has 0 radical (unpaired) electrons. The fourth-order valence-corrected chi connectivity index (χ4v) is 5.65. The van der Waals surface area contributed by atoms with Crippen LogP contribution >= 0.6 is 23.5 Å². The molecular formula is C30H46N4O4S2. The zero-order valence-corrected chi connectivity index (χ0v) is 26.4. The Morgan fingerprint density at radius 2 is 1.25 bits per heavy atom. The Morgan fingerprint density at radius 3 is 1.73 bits per heavy atom. The summed E-state index contributed by atoms with van der Waals surface area (Å²) in [6.45, 7) is 11.0. The van der Waals surface area contributed by atoms with Gasteiger partial charge in [0.1, 0.15) is 11.5 Å². The number of benzene rings is 2. The van der Waals surface area contributed by atoms with Crippen molar-refractivity contribution >= 4 is 35.3 Å². The summed E-state index contributed by atoms with van der Waals surface area (Å²) in [6.07, 6.45) is 0. The Morgan fingerprint density at radius 1 is 0.775 bits per heavy atom. The average molecular weight is 591 g/mol. The van der Waals surface area contributed by atoms with Crippen LogP contribution in [-0.4, -0.2) is 79.7 Å². The van der Waals surface area contributed by atoms with Crippen molar-refractivity contribution in [2.75, 3.05) is 53.5 Å². The largest absolute Gasteiger partial charge is 0.497 e. The molecule has 0 aliphatic heterocycles. The van der Waals surface area contributed by atoms with E-state index in [1.54, 1.807) is 37.7 Å². The molecule has 0 saturated heterocycles. The highest BCUT2D eigenvalue weighted by molar-refractivity contribution is 8.00. The van der Waals surface area contributed by atoms with Gasteiger partial charge in [-0.15, -0.1) is 23.5 Å². The minimum atomic E-state index is -0.634. The summed E-state index contributed by atoms with van der Waals surface area (Å²) >= 11 is 3.19. The van der Waals surface area contributed by atoms with Crippen LogP contribution in [-0.2, 0) is 21.1 Å². The Balaban J connectivity index is 1.93. The van der Waals surface area contributed by atoms with Crippen LogP contribution in [0.3, 0.4) is 0 Å². The maximum absolute atomic E-state index is 13.6. The quantitative estimate of drug-likeness (QED) is 0.225. The Labute approximate surface area is 248 Å². The van der Waals surface area contributed by atoms with Gasteiger partial charge >= 0.3 is 0 Å². The number of rotatable bonds is 18. The number of ether oxygens (including phenoxy) is 2. The van der Waals surface area contributed by atoms with Crippen molar-refractivity contribution in [3.8, 4) is 11.5 Å². The summed E-state index contributed by atoms with van der Waals surface area (Å²) in [5, 5.41) is 6.32. The Bertz CT molecular complexity index is 1050. The number of nitrogens with two attached hydrogens (primary N) is 1. The third kappa shape index (κ3) is 11.2. The number of carbonyl (C=O) groups excluding carboxylic acids is 2. The first kappa shape index (κ1) is 33.8. The third-order valence-corrected chi connectivity index (χ3v) is 9.17. The minimum absolute atomic E-state index is 0.0444. The first-order chi connectivity index (χ1) is 19.0. The molecule has 0 aliphatic rings. The number of carbonyl (C=O) groups is 2. The second-order valence-corrected chi connectivity index (χ2v) is 13.6. The molecule has 0 heterocycles. The van der Waals surface area contributed by atoms with Gasteiger partial charge in [0.2, 0.25) is 11.8 Å². The fraction of sp³-hybridized carbons (Fsp3) is 0.533. The van der Waals surface area contributed by atoms with Gasteiger partial charge in [-0.2, -0.15) is 0 Å². The number of methoxy groups -OCH3 is 2. The number of nitrogens with zero attached hydrogens (tertiary/aromatic N) is 1.